The predicted molar refractivity (Wildman–Crippen MR) is 74.9 cm³/mol. The predicted octanol–water partition coefficient (Wildman–Crippen LogP) is 1.40. The summed E-state index contributed by atoms with van der Waals surface area (Å²) in [5, 5.41) is 5.24. The Morgan fingerprint density at radius 2 is 1.81 bits per heavy atom. The number of imide groups is 1. The van der Waals surface area contributed by atoms with Gasteiger partial charge < -0.3 is 4.98 Å². The van der Waals surface area contributed by atoms with E-state index in [0.717, 1.165) is 10.7 Å². The molecule has 5 heteroatoms. The van der Waals surface area contributed by atoms with E-state index < -0.39 is 0 Å². The lowest BCUT2D eigenvalue weighted by Crippen LogP contribution is -2.40. The summed E-state index contributed by atoms with van der Waals surface area (Å²) in [5.41, 5.74) is 0.786. The van der Waals surface area contributed by atoms with Crippen molar-refractivity contribution < 1.29 is 9.59 Å². The van der Waals surface area contributed by atoms with E-state index in [2.05, 4.69) is 22.2 Å². The molecule has 2 heterocycles. The number of nitrogens with one attached hydrogen (secondary N) is 1. The second kappa shape index (κ2) is 3.72. The lowest BCUT2D eigenvalue weighted by atomic mass is 9.63. The number of H-pyrrole nitrogens is 1. The van der Waals surface area contributed by atoms with E-state index in [1.165, 1.54) is 6.42 Å². The summed E-state index contributed by atoms with van der Waals surface area (Å²) in [6.07, 6.45) is 8.85. The van der Waals surface area contributed by atoms with Crippen LogP contribution in [-0.4, -0.2) is 28.0 Å². The molecule has 1 aliphatic heterocycles. The Bertz CT molecular complexity index is 654. The zero-order valence-electron chi connectivity index (χ0n) is 11.3. The summed E-state index contributed by atoms with van der Waals surface area (Å²) in [6, 6.07) is 3.70. The first-order valence-electron chi connectivity index (χ1n) is 7.49. The molecule has 2 saturated carbocycles. The van der Waals surface area contributed by atoms with E-state index in [0.29, 0.717) is 11.8 Å². The van der Waals surface area contributed by atoms with Gasteiger partial charge >= 0.3 is 0 Å². The molecule has 2 bridgehead atoms. The SMILES string of the molecule is O=C1[C@@H]2[C@@H]3C=C[C@H]([C@H]4C[C@@H]34)[C@@H]2C(=O)N1/N=C\c1ccc[nH]1. The fourth-order valence-electron chi connectivity index (χ4n) is 4.60. The second-order valence-corrected chi connectivity index (χ2v) is 6.51. The summed E-state index contributed by atoms with van der Waals surface area (Å²) >= 11 is 0. The van der Waals surface area contributed by atoms with E-state index in [-0.39, 0.29) is 35.5 Å². The summed E-state index contributed by atoms with van der Waals surface area (Å²) in [5.74, 6) is 1.21. The van der Waals surface area contributed by atoms with Crippen LogP contribution in [0.25, 0.3) is 0 Å². The smallest absolute Gasteiger partial charge is 0.254 e. The van der Waals surface area contributed by atoms with Crippen molar-refractivity contribution in [1.82, 2.24) is 9.99 Å². The van der Waals surface area contributed by atoms with Crippen molar-refractivity contribution in [2.24, 2.45) is 40.6 Å². The molecule has 2 amide bonds. The molecule has 6 rings (SSSR count). The van der Waals surface area contributed by atoms with Gasteiger partial charge in [-0.1, -0.05) is 12.2 Å². The number of hydrazone groups is 1. The van der Waals surface area contributed by atoms with Gasteiger partial charge in [0.2, 0.25) is 0 Å². The normalized spacial score (nSPS) is 42.8. The van der Waals surface area contributed by atoms with E-state index in [1.54, 1.807) is 12.4 Å². The van der Waals surface area contributed by atoms with E-state index in [1.807, 2.05) is 12.1 Å². The zero-order valence-corrected chi connectivity index (χ0v) is 11.3. The molecule has 1 saturated heterocycles. The van der Waals surface area contributed by atoms with Gasteiger partial charge in [-0.3, -0.25) is 9.59 Å². The first kappa shape index (κ1) is 11.5. The van der Waals surface area contributed by atoms with Crippen molar-refractivity contribution in [3.8, 4) is 0 Å². The highest BCUT2D eigenvalue weighted by atomic mass is 16.2. The molecular formula is C16H15N3O2. The first-order valence-corrected chi connectivity index (χ1v) is 7.49. The highest BCUT2D eigenvalue weighted by molar-refractivity contribution is 6.06. The number of carbonyl (C=O) groups is 2. The minimum absolute atomic E-state index is 0.113. The average Bonchev–Trinajstić information content (AvgIpc) is 3.10. The number of allylic oxidation sites excluding steroid dienone is 2. The first-order chi connectivity index (χ1) is 10.3. The molecule has 0 spiro atoms. The van der Waals surface area contributed by atoms with Gasteiger partial charge in [0.25, 0.3) is 11.8 Å². The maximum Gasteiger partial charge on any atom is 0.254 e. The minimum Gasteiger partial charge on any atom is -0.360 e. The van der Waals surface area contributed by atoms with E-state index in [4.69, 9.17) is 0 Å². The number of aromatic nitrogens is 1. The maximum atomic E-state index is 12.6. The lowest BCUT2D eigenvalue weighted by Gasteiger charge is -2.37. The van der Waals surface area contributed by atoms with Crippen LogP contribution in [-0.2, 0) is 9.59 Å². The number of aromatic amines is 1. The summed E-state index contributed by atoms with van der Waals surface area (Å²) in [6.45, 7) is 0. The fraction of sp³-hybridized carbons (Fsp3) is 0.438. The second-order valence-electron chi connectivity index (χ2n) is 6.51. The number of hydrogen-bond donors (Lipinski definition) is 1. The Labute approximate surface area is 121 Å². The van der Waals surface area contributed by atoms with Crippen LogP contribution in [0.3, 0.4) is 0 Å². The molecule has 5 aliphatic rings. The highest BCUT2D eigenvalue weighted by Gasteiger charge is 2.67. The molecule has 6 atom stereocenters. The molecule has 21 heavy (non-hydrogen) atoms. The summed E-state index contributed by atoms with van der Waals surface area (Å²) < 4.78 is 0. The number of rotatable bonds is 2. The number of carbonyl (C=O) groups excluding carboxylic acids is 2. The van der Waals surface area contributed by atoms with Gasteiger partial charge in [-0.05, 0) is 42.2 Å². The third kappa shape index (κ3) is 1.38. The number of nitrogens with zero attached hydrogens (tertiary/aromatic N) is 2. The standard InChI is InChI=1S/C16H15N3O2/c20-15-13-9-3-4-10(12-6-11(9)12)14(13)16(21)19(15)18-7-8-2-1-5-17-8/h1-5,7,9-14,17H,6H2/b18-7-/t9-,10-,11-,12+,13+,14-/m1/s1. The molecule has 1 aromatic heterocycles. The summed E-state index contributed by atoms with van der Waals surface area (Å²) in [4.78, 5) is 28.2. The van der Waals surface area contributed by atoms with Crippen molar-refractivity contribution in [3.05, 3.63) is 36.2 Å². The molecule has 0 aromatic carbocycles. The van der Waals surface area contributed by atoms with Gasteiger partial charge in [-0.25, -0.2) is 0 Å². The Balaban J connectivity index is 1.48. The quantitative estimate of drug-likeness (QED) is 0.506. The van der Waals surface area contributed by atoms with Crippen LogP contribution in [0, 0.1) is 35.5 Å². The van der Waals surface area contributed by atoms with Crippen LogP contribution >= 0.6 is 0 Å². The molecular weight excluding hydrogens is 266 g/mol. The maximum absolute atomic E-state index is 12.6. The zero-order chi connectivity index (χ0) is 14.1. The molecule has 3 fully saturated rings. The lowest BCUT2D eigenvalue weighted by molar-refractivity contribution is -0.140. The number of amides is 2. The van der Waals surface area contributed by atoms with Crippen molar-refractivity contribution in [2.75, 3.05) is 0 Å². The minimum atomic E-state index is -0.169. The van der Waals surface area contributed by atoms with Crippen LogP contribution in [0.15, 0.2) is 35.6 Å². The number of hydrogen-bond acceptors (Lipinski definition) is 3. The van der Waals surface area contributed by atoms with Gasteiger partial charge in [0.15, 0.2) is 0 Å². The molecule has 1 N–H and O–H groups in total. The Morgan fingerprint density at radius 3 is 2.38 bits per heavy atom. The largest absolute Gasteiger partial charge is 0.360 e. The highest BCUT2D eigenvalue weighted by Crippen LogP contribution is 2.65. The van der Waals surface area contributed by atoms with Crippen LogP contribution < -0.4 is 0 Å². The Morgan fingerprint density at radius 1 is 1.14 bits per heavy atom. The monoisotopic (exact) mass is 281 g/mol. The Hall–Kier alpha value is -2.17. The van der Waals surface area contributed by atoms with Crippen molar-refractivity contribution in [1.29, 1.82) is 0 Å². The van der Waals surface area contributed by atoms with Crippen LogP contribution in [0.1, 0.15) is 12.1 Å². The molecule has 1 aromatic rings. The van der Waals surface area contributed by atoms with Crippen LogP contribution in [0.4, 0.5) is 0 Å². The third-order valence-electron chi connectivity index (χ3n) is 5.57. The van der Waals surface area contributed by atoms with Gasteiger partial charge in [0.1, 0.15) is 0 Å². The fourth-order valence-corrected chi connectivity index (χ4v) is 4.60. The van der Waals surface area contributed by atoms with Crippen LogP contribution in [0.2, 0.25) is 0 Å². The van der Waals surface area contributed by atoms with Crippen LogP contribution in [0.5, 0.6) is 0 Å². The topological polar surface area (TPSA) is 65.5 Å². The molecule has 0 unspecified atom stereocenters. The molecule has 5 nitrogen and oxygen atoms in total. The Kier molecular flexibility index (Phi) is 2.04. The van der Waals surface area contributed by atoms with Crippen molar-refractivity contribution >= 4 is 18.0 Å². The average molecular weight is 281 g/mol. The van der Waals surface area contributed by atoms with Gasteiger partial charge in [-0.15, -0.1) is 0 Å². The third-order valence-corrected chi connectivity index (χ3v) is 5.57. The van der Waals surface area contributed by atoms with Crippen molar-refractivity contribution in [3.63, 3.8) is 0 Å². The van der Waals surface area contributed by atoms with Gasteiger partial charge in [-0.2, -0.15) is 10.1 Å². The van der Waals surface area contributed by atoms with E-state index >= 15 is 0 Å². The summed E-state index contributed by atoms with van der Waals surface area (Å²) in [7, 11) is 0. The van der Waals surface area contributed by atoms with Crippen molar-refractivity contribution in [2.45, 2.75) is 6.42 Å². The van der Waals surface area contributed by atoms with Gasteiger partial charge in [0.05, 0.1) is 23.7 Å². The molecule has 4 aliphatic carbocycles. The molecule has 106 valence electrons. The van der Waals surface area contributed by atoms with Gasteiger partial charge in [0, 0.05) is 6.20 Å². The molecule has 0 radical (unpaired) electrons. The van der Waals surface area contributed by atoms with E-state index in [9.17, 15) is 9.59 Å².